The molecule has 1 aromatic rings. The Labute approximate surface area is 76.2 Å². The molecule has 0 saturated carbocycles. The Kier molecular flexibility index (Phi) is 2.33. The summed E-state index contributed by atoms with van der Waals surface area (Å²) < 4.78 is 30.1. The molecule has 1 heterocycles. The molecule has 0 aromatic carbocycles. The van der Waals surface area contributed by atoms with Crippen molar-refractivity contribution in [3.63, 3.8) is 0 Å². The molecule has 62 valence electrons. The number of aryl methyl sites for hydroxylation is 1. The van der Waals surface area contributed by atoms with Gasteiger partial charge in [-0.15, -0.1) is 0 Å². The molecule has 4 nitrogen and oxygen atoms in total. The maximum absolute atomic E-state index is 10.6. The first-order valence-electron chi connectivity index (χ1n) is 2.51. The Morgan fingerprint density at radius 1 is 1.64 bits per heavy atom. The monoisotopic (exact) mass is 257 g/mol. The quantitative estimate of drug-likeness (QED) is 0.774. The van der Waals surface area contributed by atoms with Crippen LogP contribution >= 0.6 is 27.3 Å². The lowest BCUT2D eigenvalue weighted by Crippen LogP contribution is -1.96. The SMILES string of the molecule is Cc1nc(Br)sc1S(=O)(=O)O. The molecule has 0 spiro atoms. The van der Waals surface area contributed by atoms with E-state index in [0.717, 1.165) is 11.3 Å². The van der Waals surface area contributed by atoms with E-state index in [1.165, 1.54) is 6.92 Å². The van der Waals surface area contributed by atoms with E-state index >= 15 is 0 Å². The third kappa shape index (κ3) is 1.98. The fourth-order valence-corrected chi connectivity index (χ4v) is 3.27. The summed E-state index contributed by atoms with van der Waals surface area (Å²) in [5.74, 6) is 0. The summed E-state index contributed by atoms with van der Waals surface area (Å²) in [6.45, 7) is 1.52. The van der Waals surface area contributed by atoms with Crippen LogP contribution in [-0.4, -0.2) is 18.0 Å². The summed E-state index contributed by atoms with van der Waals surface area (Å²) in [6, 6.07) is 0. The second kappa shape index (κ2) is 2.81. The van der Waals surface area contributed by atoms with E-state index < -0.39 is 10.1 Å². The van der Waals surface area contributed by atoms with Gasteiger partial charge >= 0.3 is 10.1 Å². The number of hydrogen-bond acceptors (Lipinski definition) is 4. The first-order valence-corrected chi connectivity index (χ1v) is 5.56. The maximum Gasteiger partial charge on any atom is 0.306 e. The van der Waals surface area contributed by atoms with E-state index in [2.05, 4.69) is 20.9 Å². The molecule has 1 rings (SSSR count). The van der Waals surface area contributed by atoms with E-state index in [9.17, 15) is 8.42 Å². The lowest BCUT2D eigenvalue weighted by molar-refractivity contribution is 0.485. The molecule has 0 aliphatic carbocycles. The van der Waals surface area contributed by atoms with Gasteiger partial charge in [0.25, 0.3) is 0 Å². The average Bonchev–Trinajstić information content (AvgIpc) is 2.08. The van der Waals surface area contributed by atoms with Crippen molar-refractivity contribution >= 4 is 37.4 Å². The molecule has 1 N–H and O–H groups in total. The summed E-state index contributed by atoms with van der Waals surface area (Å²) >= 11 is 3.90. The fourth-order valence-electron chi connectivity index (χ4n) is 0.590. The van der Waals surface area contributed by atoms with Gasteiger partial charge in [-0.3, -0.25) is 4.55 Å². The number of nitrogens with zero attached hydrogens (tertiary/aromatic N) is 1. The van der Waals surface area contributed by atoms with E-state index in [1.54, 1.807) is 0 Å². The molecular weight excluding hydrogens is 254 g/mol. The molecule has 7 heteroatoms. The van der Waals surface area contributed by atoms with Gasteiger partial charge in [-0.25, -0.2) is 4.98 Å². The predicted octanol–water partition coefficient (Wildman–Crippen LogP) is 1.46. The van der Waals surface area contributed by atoms with Crippen molar-refractivity contribution in [1.29, 1.82) is 0 Å². The molecule has 0 aliphatic rings. The van der Waals surface area contributed by atoms with Gasteiger partial charge in [0.1, 0.15) is 0 Å². The van der Waals surface area contributed by atoms with Crippen LogP contribution in [0.25, 0.3) is 0 Å². The van der Waals surface area contributed by atoms with Gasteiger partial charge in [0.2, 0.25) is 0 Å². The van der Waals surface area contributed by atoms with Crippen LogP contribution in [-0.2, 0) is 10.1 Å². The Morgan fingerprint density at radius 2 is 2.18 bits per heavy atom. The number of hydrogen-bond donors (Lipinski definition) is 1. The van der Waals surface area contributed by atoms with Crippen molar-refractivity contribution in [3.8, 4) is 0 Å². The summed E-state index contributed by atoms with van der Waals surface area (Å²) in [7, 11) is -4.09. The Hall–Kier alpha value is 0.0200. The topological polar surface area (TPSA) is 67.3 Å². The lowest BCUT2D eigenvalue weighted by atomic mass is 10.6. The second-order valence-electron chi connectivity index (χ2n) is 1.81. The van der Waals surface area contributed by atoms with Crippen LogP contribution in [0.4, 0.5) is 0 Å². The van der Waals surface area contributed by atoms with E-state index in [1.807, 2.05) is 0 Å². The first-order chi connectivity index (χ1) is 4.91. The van der Waals surface area contributed by atoms with Gasteiger partial charge in [0.15, 0.2) is 8.13 Å². The summed E-state index contributed by atoms with van der Waals surface area (Å²) in [5, 5.41) is 0. The van der Waals surface area contributed by atoms with Crippen molar-refractivity contribution < 1.29 is 13.0 Å². The average molecular weight is 258 g/mol. The van der Waals surface area contributed by atoms with Gasteiger partial charge in [0, 0.05) is 0 Å². The third-order valence-electron chi connectivity index (χ3n) is 0.962. The summed E-state index contributed by atoms with van der Waals surface area (Å²) in [4.78, 5) is 3.77. The third-order valence-corrected chi connectivity index (χ3v) is 4.01. The molecule has 0 fully saturated rings. The molecular formula is C4H4BrNO3S2. The number of halogens is 1. The van der Waals surface area contributed by atoms with Crippen molar-refractivity contribution in [1.82, 2.24) is 4.98 Å². The highest BCUT2D eigenvalue weighted by molar-refractivity contribution is 9.11. The van der Waals surface area contributed by atoms with Crippen LogP contribution in [0.3, 0.4) is 0 Å². The molecule has 0 aliphatic heterocycles. The molecule has 0 unspecified atom stereocenters. The van der Waals surface area contributed by atoms with Crippen molar-refractivity contribution in [3.05, 3.63) is 9.61 Å². The van der Waals surface area contributed by atoms with Crippen LogP contribution in [0.1, 0.15) is 5.69 Å². The molecule has 0 saturated heterocycles. The predicted molar refractivity (Wildman–Crippen MR) is 44.4 cm³/mol. The van der Waals surface area contributed by atoms with E-state index in [0.29, 0.717) is 9.61 Å². The van der Waals surface area contributed by atoms with Crippen LogP contribution in [0.5, 0.6) is 0 Å². The molecule has 1 aromatic heterocycles. The largest absolute Gasteiger partial charge is 0.306 e. The van der Waals surface area contributed by atoms with Crippen LogP contribution in [0.15, 0.2) is 8.13 Å². The minimum atomic E-state index is -4.09. The van der Waals surface area contributed by atoms with Gasteiger partial charge < -0.3 is 0 Å². The Balaban J connectivity index is 3.36. The zero-order valence-electron chi connectivity index (χ0n) is 5.41. The van der Waals surface area contributed by atoms with Crippen molar-refractivity contribution in [2.24, 2.45) is 0 Å². The molecule has 11 heavy (non-hydrogen) atoms. The van der Waals surface area contributed by atoms with Gasteiger partial charge in [-0.2, -0.15) is 8.42 Å². The van der Waals surface area contributed by atoms with Gasteiger partial charge in [-0.1, -0.05) is 11.3 Å². The highest BCUT2D eigenvalue weighted by Gasteiger charge is 2.17. The highest BCUT2D eigenvalue weighted by atomic mass is 79.9. The molecule has 0 atom stereocenters. The number of aromatic nitrogens is 1. The van der Waals surface area contributed by atoms with Gasteiger partial charge in [0.05, 0.1) is 5.69 Å². The van der Waals surface area contributed by atoms with Crippen molar-refractivity contribution in [2.75, 3.05) is 0 Å². The van der Waals surface area contributed by atoms with Crippen LogP contribution in [0, 0.1) is 6.92 Å². The number of thiazole rings is 1. The number of rotatable bonds is 1. The molecule has 0 radical (unpaired) electrons. The summed E-state index contributed by atoms with van der Waals surface area (Å²) in [6.07, 6.45) is 0. The smallest absolute Gasteiger partial charge is 0.281 e. The Morgan fingerprint density at radius 3 is 2.36 bits per heavy atom. The van der Waals surface area contributed by atoms with Crippen LogP contribution in [0.2, 0.25) is 0 Å². The normalized spacial score (nSPS) is 11.9. The second-order valence-corrected chi connectivity index (χ2v) is 5.71. The lowest BCUT2D eigenvalue weighted by Gasteiger charge is -1.88. The summed E-state index contributed by atoms with van der Waals surface area (Å²) in [5.41, 5.74) is 0.310. The minimum absolute atomic E-state index is 0.107. The van der Waals surface area contributed by atoms with Crippen LogP contribution < -0.4 is 0 Å². The van der Waals surface area contributed by atoms with Crippen molar-refractivity contribution in [2.45, 2.75) is 11.1 Å². The molecule has 0 bridgehead atoms. The first kappa shape index (κ1) is 9.11. The zero-order valence-corrected chi connectivity index (χ0v) is 8.62. The Bertz CT molecular complexity index is 369. The standard InChI is InChI=1S/C4H4BrNO3S2/c1-2-3(11(7,8)9)10-4(5)6-2/h1H3,(H,7,8,9). The van der Waals surface area contributed by atoms with E-state index in [4.69, 9.17) is 4.55 Å². The fraction of sp³-hybridized carbons (Fsp3) is 0.250. The van der Waals surface area contributed by atoms with E-state index in [-0.39, 0.29) is 4.21 Å². The zero-order chi connectivity index (χ0) is 8.65. The highest BCUT2D eigenvalue weighted by Crippen LogP contribution is 2.26. The van der Waals surface area contributed by atoms with Gasteiger partial charge in [-0.05, 0) is 22.9 Å². The molecule has 0 amide bonds. The maximum atomic E-state index is 10.6. The minimum Gasteiger partial charge on any atom is -0.281 e.